The number of anilines is 1. The molecule has 4 heterocycles. The molecule has 6 nitrogen and oxygen atoms in total. The first-order valence-corrected chi connectivity index (χ1v) is 8.88. The van der Waals surface area contributed by atoms with Crippen molar-refractivity contribution in [3.05, 3.63) is 41.4 Å². The quantitative estimate of drug-likeness (QED) is 0.792. The molecule has 4 rings (SSSR count). The number of carbonyl (C=O) groups excluding carboxylic acids is 1. The Labute approximate surface area is 143 Å². The van der Waals surface area contributed by atoms with Crippen molar-refractivity contribution in [1.82, 2.24) is 15.3 Å². The van der Waals surface area contributed by atoms with Gasteiger partial charge < -0.3 is 14.6 Å². The van der Waals surface area contributed by atoms with Crippen molar-refractivity contribution in [3.63, 3.8) is 0 Å². The van der Waals surface area contributed by atoms with Gasteiger partial charge in [-0.25, -0.2) is 9.97 Å². The molecule has 0 aromatic carbocycles. The number of aromatic nitrogens is 2. The van der Waals surface area contributed by atoms with Crippen molar-refractivity contribution in [1.29, 1.82) is 0 Å². The minimum atomic E-state index is -0.0533. The summed E-state index contributed by atoms with van der Waals surface area (Å²) in [5.41, 5.74) is 1.62. The van der Waals surface area contributed by atoms with Crippen LogP contribution in [0, 0.1) is 6.92 Å². The topological polar surface area (TPSA) is 71.3 Å². The molecule has 0 radical (unpaired) electrons. The third kappa shape index (κ3) is 2.75. The second-order valence-electron chi connectivity index (χ2n) is 5.96. The van der Waals surface area contributed by atoms with Crippen LogP contribution in [0.15, 0.2) is 34.5 Å². The normalized spacial score (nSPS) is 15.8. The van der Waals surface area contributed by atoms with Gasteiger partial charge in [0.05, 0.1) is 22.0 Å². The number of nitrogens with one attached hydrogen (secondary N) is 1. The summed E-state index contributed by atoms with van der Waals surface area (Å²) in [6.45, 7) is 3.55. The molecule has 124 valence electrons. The summed E-state index contributed by atoms with van der Waals surface area (Å²) >= 11 is 1.67. The highest BCUT2D eigenvalue weighted by Gasteiger charge is 2.24. The molecule has 1 saturated heterocycles. The zero-order valence-electron chi connectivity index (χ0n) is 13.4. The van der Waals surface area contributed by atoms with Gasteiger partial charge in [-0.05, 0) is 37.3 Å². The van der Waals surface area contributed by atoms with Crippen LogP contribution < -0.4 is 10.2 Å². The number of furan rings is 1. The molecular weight excluding hydrogens is 324 g/mol. The third-order valence-electron chi connectivity index (χ3n) is 4.46. The van der Waals surface area contributed by atoms with Crippen LogP contribution in [-0.4, -0.2) is 35.0 Å². The van der Waals surface area contributed by atoms with Crippen molar-refractivity contribution in [2.45, 2.75) is 25.8 Å². The van der Waals surface area contributed by atoms with Crippen molar-refractivity contribution in [3.8, 4) is 0 Å². The van der Waals surface area contributed by atoms with Gasteiger partial charge in [0.15, 0.2) is 0 Å². The fourth-order valence-electron chi connectivity index (χ4n) is 3.12. The summed E-state index contributed by atoms with van der Waals surface area (Å²) in [5, 5.41) is 5.16. The Bertz CT molecular complexity index is 864. The van der Waals surface area contributed by atoms with E-state index >= 15 is 0 Å². The van der Waals surface area contributed by atoms with Crippen LogP contribution in [0.25, 0.3) is 10.2 Å². The largest absolute Gasteiger partial charge is 0.469 e. The fraction of sp³-hybridized carbons (Fsp3) is 0.353. The SMILES string of the molecule is Cc1occc1C(=O)NC1CCN(c2ncnc3ccsc23)CC1. The fourth-order valence-corrected chi connectivity index (χ4v) is 3.98. The first kappa shape index (κ1) is 15.1. The molecule has 3 aromatic heterocycles. The number of amides is 1. The molecule has 1 aliphatic heterocycles. The lowest BCUT2D eigenvalue weighted by molar-refractivity contribution is 0.0929. The van der Waals surface area contributed by atoms with E-state index in [-0.39, 0.29) is 11.9 Å². The Morgan fingerprint density at radius 1 is 1.33 bits per heavy atom. The minimum Gasteiger partial charge on any atom is -0.469 e. The first-order chi connectivity index (χ1) is 11.7. The van der Waals surface area contributed by atoms with Gasteiger partial charge in [0.2, 0.25) is 0 Å². The average Bonchev–Trinajstić information content (AvgIpc) is 3.23. The predicted molar refractivity (Wildman–Crippen MR) is 93.6 cm³/mol. The summed E-state index contributed by atoms with van der Waals surface area (Å²) < 4.78 is 6.33. The van der Waals surface area contributed by atoms with Crippen LogP contribution in [0.3, 0.4) is 0 Å². The number of piperidine rings is 1. The molecule has 0 spiro atoms. The molecule has 1 fully saturated rings. The number of nitrogens with zero attached hydrogens (tertiary/aromatic N) is 3. The van der Waals surface area contributed by atoms with Gasteiger partial charge in [-0.3, -0.25) is 4.79 Å². The van der Waals surface area contributed by atoms with Crippen LogP contribution in [0.1, 0.15) is 29.0 Å². The van der Waals surface area contributed by atoms with E-state index in [0.717, 1.165) is 42.0 Å². The molecule has 0 unspecified atom stereocenters. The molecular formula is C17H18N4O2S. The lowest BCUT2D eigenvalue weighted by Gasteiger charge is -2.33. The monoisotopic (exact) mass is 342 g/mol. The molecule has 0 aliphatic carbocycles. The molecule has 0 saturated carbocycles. The highest BCUT2D eigenvalue weighted by atomic mass is 32.1. The van der Waals surface area contributed by atoms with Crippen LogP contribution in [0.4, 0.5) is 5.82 Å². The zero-order chi connectivity index (χ0) is 16.5. The molecule has 0 atom stereocenters. The van der Waals surface area contributed by atoms with E-state index in [9.17, 15) is 4.79 Å². The Balaban J connectivity index is 1.41. The maximum Gasteiger partial charge on any atom is 0.255 e. The maximum absolute atomic E-state index is 12.3. The van der Waals surface area contributed by atoms with Crippen LogP contribution in [0.2, 0.25) is 0 Å². The first-order valence-electron chi connectivity index (χ1n) is 8.00. The van der Waals surface area contributed by atoms with Gasteiger partial charge in [0, 0.05) is 19.1 Å². The summed E-state index contributed by atoms with van der Waals surface area (Å²) in [6.07, 6.45) is 4.98. The number of hydrogen-bond donors (Lipinski definition) is 1. The van der Waals surface area contributed by atoms with Crippen molar-refractivity contribution in [2.75, 3.05) is 18.0 Å². The number of aryl methyl sites for hydroxylation is 1. The van der Waals surface area contributed by atoms with Crippen LogP contribution in [0.5, 0.6) is 0 Å². The van der Waals surface area contributed by atoms with Crippen molar-refractivity contribution >= 4 is 33.3 Å². The number of rotatable bonds is 3. The van der Waals surface area contributed by atoms with Crippen LogP contribution >= 0.6 is 11.3 Å². The smallest absolute Gasteiger partial charge is 0.255 e. The van der Waals surface area contributed by atoms with Crippen LogP contribution in [-0.2, 0) is 0 Å². The van der Waals surface area contributed by atoms with E-state index in [0.29, 0.717) is 11.3 Å². The van der Waals surface area contributed by atoms with E-state index < -0.39 is 0 Å². The second-order valence-corrected chi connectivity index (χ2v) is 6.87. The highest BCUT2D eigenvalue weighted by Crippen LogP contribution is 2.29. The van der Waals surface area contributed by atoms with E-state index in [1.807, 2.05) is 11.4 Å². The summed E-state index contributed by atoms with van der Waals surface area (Å²) in [4.78, 5) is 23.3. The van der Waals surface area contributed by atoms with E-state index in [4.69, 9.17) is 4.42 Å². The molecule has 7 heteroatoms. The van der Waals surface area contributed by atoms with E-state index in [1.165, 1.54) is 0 Å². The Kier molecular flexibility index (Phi) is 3.93. The number of carbonyl (C=O) groups is 1. The Hall–Kier alpha value is -2.41. The molecule has 1 amide bonds. The molecule has 24 heavy (non-hydrogen) atoms. The number of thiophene rings is 1. The molecule has 1 N–H and O–H groups in total. The predicted octanol–water partition coefficient (Wildman–Crippen LogP) is 2.99. The summed E-state index contributed by atoms with van der Waals surface area (Å²) in [5.74, 6) is 1.61. The van der Waals surface area contributed by atoms with Crippen molar-refractivity contribution < 1.29 is 9.21 Å². The second kappa shape index (κ2) is 6.24. The van der Waals surface area contributed by atoms with Gasteiger partial charge in [-0.15, -0.1) is 11.3 Å². The van der Waals surface area contributed by atoms with Gasteiger partial charge in [-0.1, -0.05) is 0 Å². The maximum atomic E-state index is 12.3. The van der Waals surface area contributed by atoms with Gasteiger partial charge in [0.25, 0.3) is 5.91 Å². The standard InChI is InChI=1S/C17H18N4O2S/c1-11-13(4-8-23-11)17(22)20-12-2-6-21(7-3-12)16-15-14(5-9-24-15)18-10-19-16/h4-5,8-10,12H,2-3,6-7H2,1H3,(H,20,22). The average molecular weight is 342 g/mol. The number of fused-ring (bicyclic) bond motifs is 1. The molecule has 3 aromatic rings. The third-order valence-corrected chi connectivity index (χ3v) is 5.36. The number of hydrogen-bond acceptors (Lipinski definition) is 6. The van der Waals surface area contributed by atoms with Gasteiger partial charge in [-0.2, -0.15) is 0 Å². The highest BCUT2D eigenvalue weighted by molar-refractivity contribution is 7.17. The summed E-state index contributed by atoms with van der Waals surface area (Å²) in [7, 11) is 0. The van der Waals surface area contributed by atoms with Gasteiger partial charge >= 0.3 is 0 Å². The van der Waals surface area contributed by atoms with Crippen molar-refractivity contribution in [2.24, 2.45) is 0 Å². The molecule has 0 bridgehead atoms. The Morgan fingerprint density at radius 2 is 2.17 bits per heavy atom. The Morgan fingerprint density at radius 3 is 2.92 bits per heavy atom. The van der Waals surface area contributed by atoms with Gasteiger partial charge in [0.1, 0.15) is 17.9 Å². The van der Waals surface area contributed by atoms with E-state index in [1.54, 1.807) is 36.9 Å². The lowest BCUT2D eigenvalue weighted by Crippen LogP contribution is -2.45. The minimum absolute atomic E-state index is 0.0533. The zero-order valence-corrected chi connectivity index (χ0v) is 14.2. The molecule has 1 aliphatic rings. The lowest BCUT2D eigenvalue weighted by atomic mass is 10.0. The van der Waals surface area contributed by atoms with E-state index in [2.05, 4.69) is 20.2 Å². The summed E-state index contributed by atoms with van der Waals surface area (Å²) in [6, 6.07) is 3.92.